The molecule has 0 aromatic carbocycles. The van der Waals surface area contributed by atoms with Crippen molar-refractivity contribution in [2.24, 2.45) is 0 Å². The Morgan fingerprint density at radius 2 is 2.00 bits per heavy atom. The van der Waals surface area contributed by atoms with E-state index in [4.69, 9.17) is 4.74 Å². The van der Waals surface area contributed by atoms with E-state index in [-0.39, 0.29) is 17.3 Å². The van der Waals surface area contributed by atoms with Crippen molar-refractivity contribution in [2.75, 3.05) is 7.11 Å². The second-order valence-corrected chi connectivity index (χ2v) is 2.87. The average Bonchev–Trinajstić information content (AvgIpc) is 2.12. The Balaban J connectivity index is 3.12. The van der Waals surface area contributed by atoms with Gasteiger partial charge in [-0.2, -0.15) is 0 Å². The summed E-state index contributed by atoms with van der Waals surface area (Å²) < 4.78 is 4.84. The molecular weight excluding hydrogens is 168 g/mol. The molecule has 0 aliphatic heterocycles. The summed E-state index contributed by atoms with van der Waals surface area (Å²) in [5, 5.41) is 0. The van der Waals surface area contributed by atoms with Crippen LogP contribution in [0.4, 0.5) is 0 Å². The van der Waals surface area contributed by atoms with E-state index < -0.39 is 0 Å². The van der Waals surface area contributed by atoms with Gasteiger partial charge in [0.05, 0.1) is 7.11 Å². The minimum absolute atomic E-state index is 0.0843. The van der Waals surface area contributed by atoms with Crippen LogP contribution in [0.5, 0.6) is 0 Å². The van der Waals surface area contributed by atoms with Crippen LogP contribution in [0, 0.1) is 0 Å². The van der Waals surface area contributed by atoms with E-state index in [2.05, 4.69) is 0 Å². The Bertz CT molecular complexity index is 321. The summed E-state index contributed by atoms with van der Waals surface area (Å²) in [7, 11) is 1.40. The molecule has 3 heteroatoms. The highest BCUT2D eigenvalue weighted by Crippen LogP contribution is 2.20. The quantitative estimate of drug-likeness (QED) is 0.603. The molecule has 0 N–H and O–H groups in total. The number of carbonyl (C=O) groups excluding carboxylic acids is 2. The summed E-state index contributed by atoms with van der Waals surface area (Å²) in [6.45, 7) is 3.46. The zero-order chi connectivity index (χ0) is 10.0. The number of hydrogen-bond donors (Lipinski definition) is 0. The third kappa shape index (κ3) is 1.54. The smallest absolute Gasteiger partial charge is 0.221 e. The first-order valence-electron chi connectivity index (χ1n) is 4.16. The topological polar surface area (TPSA) is 43.4 Å². The van der Waals surface area contributed by atoms with E-state index in [0.29, 0.717) is 17.6 Å². The van der Waals surface area contributed by atoms with Crippen LogP contribution in [0.2, 0.25) is 0 Å². The largest absolute Gasteiger partial charge is 0.492 e. The first-order valence-corrected chi connectivity index (χ1v) is 4.16. The molecule has 0 radical (unpaired) electrons. The SMILES string of the molecule is CCC1=CC(=O)C(OC)=C(C)C1=O. The summed E-state index contributed by atoms with van der Waals surface area (Å²) in [5.41, 5.74) is 0.968. The second kappa shape index (κ2) is 3.56. The average molecular weight is 180 g/mol. The first kappa shape index (κ1) is 9.71. The number of allylic oxidation sites excluding steroid dienone is 3. The van der Waals surface area contributed by atoms with Crippen molar-refractivity contribution in [3.63, 3.8) is 0 Å². The molecule has 3 nitrogen and oxygen atoms in total. The van der Waals surface area contributed by atoms with E-state index in [1.165, 1.54) is 13.2 Å². The molecule has 70 valence electrons. The third-order valence-corrected chi connectivity index (χ3v) is 2.09. The van der Waals surface area contributed by atoms with Crippen LogP contribution >= 0.6 is 0 Å². The van der Waals surface area contributed by atoms with Gasteiger partial charge in [0.1, 0.15) is 0 Å². The Morgan fingerprint density at radius 3 is 2.46 bits per heavy atom. The van der Waals surface area contributed by atoms with Crippen molar-refractivity contribution in [1.82, 2.24) is 0 Å². The van der Waals surface area contributed by atoms with Crippen LogP contribution in [-0.2, 0) is 14.3 Å². The van der Waals surface area contributed by atoms with Gasteiger partial charge in [-0.1, -0.05) is 6.92 Å². The predicted octanol–water partition coefficient (Wildman–Crippen LogP) is 1.40. The van der Waals surface area contributed by atoms with Gasteiger partial charge in [-0.3, -0.25) is 9.59 Å². The van der Waals surface area contributed by atoms with E-state index in [0.717, 1.165) is 0 Å². The van der Waals surface area contributed by atoms with Gasteiger partial charge in [-0.15, -0.1) is 0 Å². The third-order valence-electron chi connectivity index (χ3n) is 2.09. The van der Waals surface area contributed by atoms with Crippen molar-refractivity contribution in [1.29, 1.82) is 0 Å². The molecule has 0 amide bonds. The summed E-state index contributed by atoms with van der Waals surface area (Å²) in [6.07, 6.45) is 1.94. The minimum Gasteiger partial charge on any atom is -0.492 e. The van der Waals surface area contributed by atoms with Gasteiger partial charge in [0.25, 0.3) is 0 Å². The predicted molar refractivity (Wildman–Crippen MR) is 48.1 cm³/mol. The number of methoxy groups -OCH3 is 1. The van der Waals surface area contributed by atoms with Crippen LogP contribution in [0.25, 0.3) is 0 Å². The van der Waals surface area contributed by atoms with Crippen LogP contribution < -0.4 is 0 Å². The Kier molecular flexibility index (Phi) is 2.66. The summed E-state index contributed by atoms with van der Waals surface area (Å²) in [5.74, 6) is -0.127. The monoisotopic (exact) mass is 180 g/mol. The molecule has 0 saturated carbocycles. The van der Waals surface area contributed by atoms with Crippen molar-refractivity contribution in [3.05, 3.63) is 23.0 Å². The number of carbonyl (C=O) groups is 2. The Hall–Kier alpha value is -1.38. The molecule has 0 aromatic heterocycles. The lowest BCUT2D eigenvalue weighted by Crippen LogP contribution is -2.18. The molecule has 0 fully saturated rings. The number of hydrogen-bond acceptors (Lipinski definition) is 3. The van der Waals surface area contributed by atoms with Gasteiger partial charge >= 0.3 is 0 Å². The normalized spacial score (nSPS) is 17.6. The van der Waals surface area contributed by atoms with E-state index >= 15 is 0 Å². The van der Waals surface area contributed by atoms with Crippen LogP contribution in [0.15, 0.2) is 23.0 Å². The lowest BCUT2D eigenvalue weighted by molar-refractivity contribution is -0.118. The van der Waals surface area contributed by atoms with E-state index in [1.807, 2.05) is 6.92 Å². The number of ketones is 2. The van der Waals surface area contributed by atoms with Crippen LogP contribution in [-0.4, -0.2) is 18.7 Å². The van der Waals surface area contributed by atoms with Gasteiger partial charge in [-0.05, 0) is 19.4 Å². The molecule has 13 heavy (non-hydrogen) atoms. The van der Waals surface area contributed by atoms with Crippen molar-refractivity contribution in [3.8, 4) is 0 Å². The number of rotatable bonds is 2. The standard InChI is InChI=1S/C10H12O3/c1-4-7-5-8(11)10(13-3)6(2)9(7)12/h5H,4H2,1-3H3. The van der Waals surface area contributed by atoms with E-state index in [1.54, 1.807) is 6.92 Å². The van der Waals surface area contributed by atoms with Crippen LogP contribution in [0.3, 0.4) is 0 Å². The Morgan fingerprint density at radius 1 is 1.38 bits per heavy atom. The molecule has 0 unspecified atom stereocenters. The molecule has 0 bridgehead atoms. The molecule has 1 aliphatic carbocycles. The van der Waals surface area contributed by atoms with Gasteiger partial charge in [0.15, 0.2) is 11.5 Å². The molecule has 0 saturated heterocycles. The first-order chi connectivity index (χ1) is 6.11. The molecular formula is C10H12O3. The fourth-order valence-corrected chi connectivity index (χ4v) is 1.33. The lowest BCUT2D eigenvalue weighted by Gasteiger charge is -2.13. The minimum atomic E-state index is -0.212. The van der Waals surface area contributed by atoms with Gasteiger partial charge < -0.3 is 4.74 Å². The molecule has 1 rings (SSSR count). The highest BCUT2D eigenvalue weighted by atomic mass is 16.5. The fraction of sp³-hybridized carbons (Fsp3) is 0.400. The van der Waals surface area contributed by atoms with Gasteiger partial charge in [0, 0.05) is 11.1 Å². The second-order valence-electron chi connectivity index (χ2n) is 2.87. The van der Waals surface area contributed by atoms with Gasteiger partial charge in [0.2, 0.25) is 5.78 Å². The highest BCUT2D eigenvalue weighted by molar-refractivity contribution is 6.21. The summed E-state index contributed by atoms with van der Waals surface area (Å²) in [6, 6.07) is 0. The molecule has 0 atom stereocenters. The molecule has 0 spiro atoms. The highest BCUT2D eigenvalue weighted by Gasteiger charge is 2.24. The molecule has 1 aliphatic rings. The fourth-order valence-electron chi connectivity index (χ4n) is 1.33. The van der Waals surface area contributed by atoms with Crippen molar-refractivity contribution in [2.45, 2.75) is 20.3 Å². The number of Topliss-reactive ketones (excluding diaryl/α,β-unsaturated/α-hetero) is 1. The maximum absolute atomic E-state index is 11.5. The molecule has 0 heterocycles. The summed E-state index contributed by atoms with van der Waals surface area (Å²) in [4.78, 5) is 22.9. The summed E-state index contributed by atoms with van der Waals surface area (Å²) >= 11 is 0. The van der Waals surface area contributed by atoms with Gasteiger partial charge in [-0.25, -0.2) is 0 Å². The van der Waals surface area contributed by atoms with Crippen molar-refractivity contribution < 1.29 is 14.3 Å². The van der Waals surface area contributed by atoms with E-state index in [9.17, 15) is 9.59 Å². The zero-order valence-electron chi connectivity index (χ0n) is 8.01. The molecule has 0 aromatic rings. The maximum Gasteiger partial charge on any atom is 0.221 e. The zero-order valence-corrected chi connectivity index (χ0v) is 8.01. The number of ether oxygens (including phenoxy) is 1. The van der Waals surface area contributed by atoms with Crippen LogP contribution in [0.1, 0.15) is 20.3 Å². The van der Waals surface area contributed by atoms with Crippen molar-refractivity contribution >= 4 is 11.6 Å². The Labute approximate surface area is 77.1 Å². The lowest BCUT2D eigenvalue weighted by atomic mass is 9.94. The maximum atomic E-state index is 11.5.